The van der Waals surface area contributed by atoms with E-state index < -0.39 is 23.7 Å². The van der Waals surface area contributed by atoms with Crippen molar-refractivity contribution in [3.63, 3.8) is 0 Å². The van der Waals surface area contributed by atoms with E-state index in [1.807, 2.05) is 25.1 Å². The van der Waals surface area contributed by atoms with Gasteiger partial charge >= 0.3 is 0 Å². The van der Waals surface area contributed by atoms with Crippen LogP contribution in [0.2, 0.25) is 0 Å². The first-order valence-electron chi connectivity index (χ1n) is 15.6. The summed E-state index contributed by atoms with van der Waals surface area (Å²) >= 11 is 0. The van der Waals surface area contributed by atoms with Crippen LogP contribution in [0.15, 0.2) is 18.2 Å². The van der Waals surface area contributed by atoms with Crippen LogP contribution in [0, 0.1) is 6.92 Å². The first kappa shape index (κ1) is 31.7. The summed E-state index contributed by atoms with van der Waals surface area (Å²) in [6.45, 7) is 8.13. The maximum absolute atomic E-state index is 13.7. The van der Waals surface area contributed by atoms with Crippen LogP contribution in [-0.2, 0) is 14.4 Å². The number of amides is 2. The predicted octanol–water partition coefficient (Wildman–Crippen LogP) is 4.95. The lowest BCUT2D eigenvalue weighted by Crippen LogP contribution is -2.56. The van der Waals surface area contributed by atoms with Crippen LogP contribution in [-0.4, -0.2) is 65.4 Å². The van der Waals surface area contributed by atoms with Gasteiger partial charge in [-0.25, -0.2) is 0 Å². The Balaban J connectivity index is 1.65. The molecule has 0 spiro atoms. The number of fused-ring (bicyclic) bond motifs is 2. The minimum atomic E-state index is -0.992. The molecule has 0 saturated carbocycles. The number of ether oxygens (including phenoxy) is 2. The highest BCUT2D eigenvalue weighted by atomic mass is 16.5. The molecule has 0 radical (unpaired) electrons. The number of aryl methyl sites for hydroxylation is 1. The number of hydrogen-bond acceptors (Lipinski definition) is 7. The van der Waals surface area contributed by atoms with Crippen molar-refractivity contribution in [2.24, 2.45) is 5.73 Å². The van der Waals surface area contributed by atoms with Crippen LogP contribution < -0.4 is 20.5 Å². The summed E-state index contributed by atoms with van der Waals surface area (Å²) in [7, 11) is 1.64. The number of rotatable bonds is 5. The zero-order chi connectivity index (χ0) is 30.4. The molecule has 3 N–H and O–H groups in total. The van der Waals surface area contributed by atoms with Crippen LogP contribution in [0.3, 0.4) is 0 Å². The molecule has 9 heteroatoms. The van der Waals surface area contributed by atoms with Crippen molar-refractivity contribution < 1.29 is 23.9 Å². The number of nitrogens with zero attached hydrogens (tertiary/aromatic N) is 2. The van der Waals surface area contributed by atoms with Crippen molar-refractivity contribution in [1.82, 2.24) is 15.2 Å². The average molecular weight is 581 g/mol. The number of nitrogens with two attached hydrogens (primary N) is 1. The number of aldehydes is 1. The number of carbonyl (C=O) groups excluding carboxylic acids is 3. The fraction of sp³-hybridized carbons (Fsp3) is 0.636. The van der Waals surface area contributed by atoms with Gasteiger partial charge in [0, 0.05) is 29.1 Å². The van der Waals surface area contributed by atoms with Crippen molar-refractivity contribution >= 4 is 29.0 Å². The Kier molecular flexibility index (Phi) is 10.5. The van der Waals surface area contributed by atoms with E-state index >= 15 is 0 Å². The minimum absolute atomic E-state index is 0.164. The molecule has 0 aliphatic carbocycles. The molecule has 9 nitrogen and oxygen atoms in total. The molecule has 0 bridgehead atoms. The van der Waals surface area contributed by atoms with Crippen molar-refractivity contribution in [3.05, 3.63) is 29.5 Å². The Hall–Kier alpha value is -3.20. The van der Waals surface area contributed by atoms with Crippen LogP contribution in [0.5, 0.6) is 11.5 Å². The van der Waals surface area contributed by atoms with Crippen molar-refractivity contribution in [1.29, 1.82) is 0 Å². The molecule has 2 saturated heterocycles. The number of hydrogen-bond donors (Lipinski definition) is 2. The molecule has 2 aliphatic heterocycles. The second-order valence-corrected chi connectivity index (χ2v) is 12.6. The fourth-order valence-electron chi connectivity index (χ4n) is 6.16. The van der Waals surface area contributed by atoms with Gasteiger partial charge in [0.05, 0.1) is 30.8 Å². The van der Waals surface area contributed by atoms with E-state index in [9.17, 15) is 14.4 Å². The van der Waals surface area contributed by atoms with Crippen LogP contribution in [0.1, 0.15) is 102 Å². The quantitative estimate of drug-likeness (QED) is 0.480. The van der Waals surface area contributed by atoms with Gasteiger partial charge in [0.2, 0.25) is 11.8 Å². The molecule has 1 aromatic heterocycles. The van der Waals surface area contributed by atoms with Gasteiger partial charge in [-0.05, 0) is 44.7 Å². The SMILES string of the molecule is COc1ccc2c(OC3CC4C(=O)NC(C)(C=O)CCCCCCCCCC(N)C(=O)N4C3)cc(C(C)C)nc2c1C. The van der Waals surface area contributed by atoms with Crippen LogP contribution in [0.4, 0.5) is 0 Å². The van der Waals surface area contributed by atoms with Gasteiger partial charge in [-0.15, -0.1) is 0 Å². The summed E-state index contributed by atoms with van der Waals surface area (Å²) in [4.78, 5) is 45.9. The average Bonchev–Trinajstić information content (AvgIpc) is 3.39. The standard InChI is InChI=1S/C33H48N4O5/c1-21(2)26-18-29(24-14-15-28(41-5)22(3)30(24)35-26)42-23-17-27-31(39)36-33(4,20-38)16-12-10-8-6-7-9-11-13-25(34)32(40)37(27)19-23/h14-15,18,20-21,23,25,27H,6-13,16-17,19,34H2,1-5H3,(H,36,39). The molecule has 1 aromatic carbocycles. The fourth-order valence-corrected chi connectivity index (χ4v) is 6.16. The maximum atomic E-state index is 13.7. The summed E-state index contributed by atoms with van der Waals surface area (Å²) in [5.41, 5.74) is 8.01. The second kappa shape index (κ2) is 13.8. The summed E-state index contributed by atoms with van der Waals surface area (Å²) in [5, 5.41) is 3.82. The number of nitrogens with one attached hydrogen (secondary N) is 1. The summed E-state index contributed by atoms with van der Waals surface area (Å²) in [6.07, 6.45) is 8.93. The third-order valence-electron chi connectivity index (χ3n) is 8.82. The third-order valence-corrected chi connectivity index (χ3v) is 8.82. The van der Waals surface area contributed by atoms with Gasteiger partial charge in [0.1, 0.15) is 29.9 Å². The number of benzene rings is 1. The second-order valence-electron chi connectivity index (χ2n) is 12.6. The van der Waals surface area contributed by atoms with E-state index in [1.54, 1.807) is 18.9 Å². The molecule has 42 heavy (non-hydrogen) atoms. The summed E-state index contributed by atoms with van der Waals surface area (Å²) < 4.78 is 12.1. The number of aromatic nitrogens is 1. The Labute approximate surface area is 249 Å². The normalized spacial score (nSPS) is 26.6. The zero-order valence-corrected chi connectivity index (χ0v) is 25.9. The van der Waals surface area contributed by atoms with Crippen LogP contribution >= 0.6 is 0 Å². The lowest BCUT2D eigenvalue weighted by Gasteiger charge is -2.31. The van der Waals surface area contributed by atoms with E-state index in [-0.39, 0.29) is 24.3 Å². The molecular weight excluding hydrogens is 532 g/mol. The monoisotopic (exact) mass is 580 g/mol. The zero-order valence-electron chi connectivity index (χ0n) is 25.9. The predicted molar refractivity (Wildman–Crippen MR) is 164 cm³/mol. The first-order valence-corrected chi connectivity index (χ1v) is 15.6. The van der Waals surface area contributed by atoms with Gasteiger partial charge in [-0.1, -0.05) is 58.8 Å². The highest BCUT2D eigenvalue weighted by Gasteiger charge is 2.43. The molecule has 3 heterocycles. The van der Waals surface area contributed by atoms with E-state index in [0.717, 1.165) is 79.1 Å². The molecule has 2 fully saturated rings. The highest BCUT2D eigenvalue weighted by molar-refractivity contribution is 5.92. The van der Waals surface area contributed by atoms with E-state index in [0.29, 0.717) is 25.0 Å². The van der Waals surface area contributed by atoms with E-state index in [2.05, 4.69) is 19.2 Å². The summed E-state index contributed by atoms with van der Waals surface area (Å²) in [5.74, 6) is 0.986. The molecule has 2 amide bonds. The molecule has 2 aliphatic rings. The van der Waals surface area contributed by atoms with E-state index in [1.165, 1.54) is 0 Å². The molecule has 2 aromatic rings. The minimum Gasteiger partial charge on any atom is -0.496 e. The molecule has 230 valence electrons. The molecule has 4 atom stereocenters. The molecule has 4 rings (SSSR count). The van der Waals surface area contributed by atoms with Crippen molar-refractivity contribution in [3.8, 4) is 11.5 Å². The number of methoxy groups -OCH3 is 1. The summed E-state index contributed by atoms with van der Waals surface area (Å²) in [6, 6.07) is 4.33. The van der Waals surface area contributed by atoms with Crippen molar-refractivity contribution in [2.75, 3.05) is 13.7 Å². The molecular formula is C33H48N4O5. The largest absolute Gasteiger partial charge is 0.496 e. The van der Waals surface area contributed by atoms with Gasteiger partial charge in [-0.3, -0.25) is 14.6 Å². The van der Waals surface area contributed by atoms with Crippen LogP contribution in [0.25, 0.3) is 10.9 Å². The maximum Gasteiger partial charge on any atom is 0.243 e. The Morgan fingerprint density at radius 1 is 1.10 bits per heavy atom. The number of carbonyl (C=O) groups is 3. The Morgan fingerprint density at radius 3 is 2.45 bits per heavy atom. The van der Waals surface area contributed by atoms with Crippen molar-refractivity contribution in [2.45, 2.75) is 122 Å². The lowest BCUT2D eigenvalue weighted by molar-refractivity contribution is -0.140. The highest BCUT2D eigenvalue weighted by Crippen LogP contribution is 2.36. The third kappa shape index (κ3) is 7.22. The topological polar surface area (TPSA) is 124 Å². The Morgan fingerprint density at radius 2 is 1.79 bits per heavy atom. The van der Waals surface area contributed by atoms with Gasteiger partial charge < -0.3 is 30.2 Å². The first-order chi connectivity index (χ1) is 20.1. The van der Waals surface area contributed by atoms with E-state index in [4.69, 9.17) is 20.2 Å². The lowest BCUT2D eigenvalue weighted by atomic mass is 9.94. The van der Waals surface area contributed by atoms with Gasteiger partial charge in [0.15, 0.2) is 0 Å². The molecule has 4 unspecified atom stereocenters. The van der Waals surface area contributed by atoms with Gasteiger partial charge in [-0.2, -0.15) is 0 Å². The van der Waals surface area contributed by atoms with Gasteiger partial charge in [0.25, 0.3) is 0 Å². The number of pyridine rings is 1. The Bertz CT molecular complexity index is 1280. The smallest absolute Gasteiger partial charge is 0.243 e.